The highest BCUT2D eigenvalue weighted by molar-refractivity contribution is 6.19. The molecule has 20 heavy (non-hydrogen) atoms. The van der Waals surface area contributed by atoms with Gasteiger partial charge in [-0.15, -0.1) is 11.6 Å². The second-order valence-corrected chi connectivity index (χ2v) is 5.51. The third-order valence-electron chi connectivity index (χ3n) is 3.90. The Labute approximate surface area is 125 Å². The van der Waals surface area contributed by atoms with Gasteiger partial charge in [-0.1, -0.05) is 25.2 Å². The van der Waals surface area contributed by atoms with Crippen LogP contribution in [-0.4, -0.2) is 12.0 Å². The van der Waals surface area contributed by atoms with Gasteiger partial charge >= 0.3 is 0 Å². The predicted molar refractivity (Wildman–Crippen MR) is 80.7 cm³/mol. The summed E-state index contributed by atoms with van der Waals surface area (Å²) in [5.41, 5.74) is 0.368. The topological polar surface area (TPSA) is 9.23 Å². The van der Waals surface area contributed by atoms with E-state index in [1.165, 1.54) is 25.3 Å². The van der Waals surface area contributed by atoms with Crippen molar-refractivity contribution in [3.63, 3.8) is 0 Å². The minimum Gasteiger partial charge on any atom is -0.490 e. The van der Waals surface area contributed by atoms with Crippen LogP contribution in [0.5, 0.6) is 5.75 Å². The molecule has 1 fully saturated rings. The summed E-state index contributed by atoms with van der Waals surface area (Å²) < 4.78 is 19.7. The lowest BCUT2D eigenvalue weighted by Gasteiger charge is -2.28. The Morgan fingerprint density at radius 1 is 1.30 bits per heavy atom. The molecule has 1 aliphatic carbocycles. The molecule has 0 bridgehead atoms. The number of hydrogen-bond acceptors (Lipinski definition) is 1. The van der Waals surface area contributed by atoms with E-state index in [0.717, 1.165) is 18.8 Å². The number of hydrogen-bond donors (Lipinski definition) is 0. The van der Waals surface area contributed by atoms with Crippen LogP contribution in [0.4, 0.5) is 4.39 Å². The number of ether oxygens (including phenoxy) is 1. The van der Waals surface area contributed by atoms with Gasteiger partial charge in [0.05, 0.1) is 17.5 Å². The fraction of sp³-hybridized carbons (Fsp3) is 0.529. The third-order valence-corrected chi connectivity index (χ3v) is 4.04. The van der Waals surface area contributed by atoms with Gasteiger partial charge in [-0.3, -0.25) is 0 Å². The summed E-state index contributed by atoms with van der Waals surface area (Å²) in [5, 5.41) is 0. The average molecular weight is 295 g/mol. The Hall–Kier alpha value is -1.20. The van der Waals surface area contributed by atoms with Crippen molar-refractivity contribution in [3.05, 3.63) is 29.6 Å². The summed E-state index contributed by atoms with van der Waals surface area (Å²) in [6.07, 6.45) is 6.01. The minimum absolute atomic E-state index is 0.207. The lowest BCUT2D eigenvalue weighted by atomic mass is 9.86. The maximum atomic E-state index is 13.8. The van der Waals surface area contributed by atoms with Crippen LogP contribution in [0.2, 0.25) is 0 Å². The SMILES string of the molecule is CCC1CCC(Oc2ccc(C#CCCl)c(F)c2)CC1. The standard InChI is InChI=1S/C17H20ClFO/c1-2-13-5-8-15(9-6-13)20-16-10-7-14(4-3-11-18)17(19)12-16/h7,10,12-13,15H,2,5-6,8-9,11H2,1H3. The average Bonchev–Trinajstić information content (AvgIpc) is 2.47. The van der Waals surface area contributed by atoms with Crippen molar-refractivity contribution in [1.82, 2.24) is 0 Å². The molecule has 1 aromatic rings. The molecule has 0 heterocycles. The van der Waals surface area contributed by atoms with Crippen LogP contribution < -0.4 is 4.74 Å². The van der Waals surface area contributed by atoms with Gasteiger partial charge in [0.2, 0.25) is 0 Å². The first kappa shape index (κ1) is 15.2. The van der Waals surface area contributed by atoms with Gasteiger partial charge < -0.3 is 4.74 Å². The summed E-state index contributed by atoms with van der Waals surface area (Å²) in [5.74, 6) is 6.64. The normalized spacial score (nSPS) is 21.9. The zero-order chi connectivity index (χ0) is 14.4. The summed E-state index contributed by atoms with van der Waals surface area (Å²) >= 11 is 5.47. The zero-order valence-corrected chi connectivity index (χ0v) is 12.5. The van der Waals surface area contributed by atoms with Crippen LogP contribution in [0.25, 0.3) is 0 Å². The van der Waals surface area contributed by atoms with Crippen LogP contribution in [0, 0.1) is 23.6 Å². The van der Waals surface area contributed by atoms with Crippen LogP contribution in [0.3, 0.4) is 0 Å². The van der Waals surface area contributed by atoms with E-state index in [1.807, 2.05) is 0 Å². The predicted octanol–water partition coefficient (Wildman–Crippen LogP) is 4.76. The van der Waals surface area contributed by atoms with Crippen molar-refractivity contribution in [3.8, 4) is 17.6 Å². The van der Waals surface area contributed by atoms with Gasteiger partial charge in [0.15, 0.2) is 0 Å². The maximum absolute atomic E-state index is 13.8. The maximum Gasteiger partial charge on any atom is 0.142 e. The van der Waals surface area contributed by atoms with E-state index >= 15 is 0 Å². The van der Waals surface area contributed by atoms with Crippen LogP contribution in [0.15, 0.2) is 18.2 Å². The molecule has 3 heteroatoms. The molecule has 0 saturated heterocycles. The fourth-order valence-corrected chi connectivity index (χ4v) is 2.72. The molecule has 1 aliphatic rings. The molecule has 0 aromatic heterocycles. The van der Waals surface area contributed by atoms with E-state index in [9.17, 15) is 4.39 Å². The van der Waals surface area contributed by atoms with E-state index in [4.69, 9.17) is 16.3 Å². The second-order valence-electron chi connectivity index (χ2n) is 5.25. The molecule has 2 rings (SSSR count). The first-order chi connectivity index (χ1) is 9.72. The first-order valence-corrected chi connectivity index (χ1v) is 7.77. The number of halogens is 2. The molecule has 0 radical (unpaired) electrons. The summed E-state index contributed by atoms with van der Waals surface area (Å²) in [7, 11) is 0. The molecule has 0 spiro atoms. The van der Waals surface area contributed by atoms with Crippen LogP contribution in [-0.2, 0) is 0 Å². The van der Waals surface area contributed by atoms with Crippen molar-refractivity contribution in [2.24, 2.45) is 5.92 Å². The van der Waals surface area contributed by atoms with Gasteiger partial charge in [-0.2, -0.15) is 0 Å². The van der Waals surface area contributed by atoms with Crippen molar-refractivity contribution in [2.75, 3.05) is 5.88 Å². The van der Waals surface area contributed by atoms with Crippen LogP contribution in [0.1, 0.15) is 44.6 Å². The van der Waals surface area contributed by atoms with E-state index in [0.29, 0.717) is 11.3 Å². The molecule has 1 aromatic carbocycles. The lowest BCUT2D eigenvalue weighted by molar-refractivity contribution is 0.129. The molecule has 108 valence electrons. The Balaban J connectivity index is 1.95. The molecule has 0 amide bonds. The van der Waals surface area contributed by atoms with Gasteiger partial charge in [0.25, 0.3) is 0 Å². The molecule has 0 unspecified atom stereocenters. The molecular weight excluding hydrogens is 275 g/mol. The highest BCUT2D eigenvalue weighted by Crippen LogP contribution is 2.29. The van der Waals surface area contributed by atoms with E-state index in [1.54, 1.807) is 12.1 Å². The monoisotopic (exact) mass is 294 g/mol. The molecule has 0 N–H and O–H groups in total. The number of alkyl halides is 1. The summed E-state index contributed by atoms with van der Waals surface area (Å²) in [4.78, 5) is 0. The van der Waals surface area contributed by atoms with Crippen molar-refractivity contribution in [2.45, 2.75) is 45.1 Å². The van der Waals surface area contributed by atoms with Crippen molar-refractivity contribution in [1.29, 1.82) is 0 Å². The van der Waals surface area contributed by atoms with Gasteiger partial charge in [0.1, 0.15) is 11.6 Å². The van der Waals surface area contributed by atoms with Gasteiger partial charge in [0, 0.05) is 6.07 Å². The van der Waals surface area contributed by atoms with Crippen molar-refractivity contribution >= 4 is 11.6 Å². The quantitative estimate of drug-likeness (QED) is 0.577. The highest BCUT2D eigenvalue weighted by atomic mass is 35.5. The Morgan fingerprint density at radius 2 is 2.05 bits per heavy atom. The molecule has 0 atom stereocenters. The van der Waals surface area contributed by atoms with Gasteiger partial charge in [-0.25, -0.2) is 4.39 Å². The third kappa shape index (κ3) is 4.15. The Morgan fingerprint density at radius 3 is 2.65 bits per heavy atom. The van der Waals surface area contributed by atoms with E-state index in [2.05, 4.69) is 18.8 Å². The molecule has 1 saturated carbocycles. The Bertz CT molecular complexity index is 495. The lowest BCUT2D eigenvalue weighted by Crippen LogP contribution is -2.23. The fourth-order valence-electron chi connectivity index (χ4n) is 2.65. The summed E-state index contributed by atoms with van der Waals surface area (Å²) in [6.45, 7) is 2.24. The van der Waals surface area contributed by atoms with Gasteiger partial charge in [-0.05, 0) is 43.7 Å². The largest absolute Gasteiger partial charge is 0.490 e. The molecular formula is C17H20ClFO. The minimum atomic E-state index is -0.345. The number of rotatable bonds is 3. The molecule has 0 aliphatic heterocycles. The van der Waals surface area contributed by atoms with E-state index < -0.39 is 0 Å². The Kier molecular flexibility index (Phi) is 5.73. The zero-order valence-electron chi connectivity index (χ0n) is 11.8. The summed E-state index contributed by atoms with van der Waals surface area (Å²) in [6, 6.07) is 4.86. The van der Waals surface area contributed by atoms with Crippen LogP contribution >= 0.6 is 11.6 Å². The van der Waals surface area contributed by atoms with E-state index in [-0.39, 0.29) is 17.8 Å². The molecule has 1 nitrogen and oxygen atoms in total. The highest BCUT2D eigenvalue weighted by Gasteiger charge is 2.21. The first-order valence-electron chi connectivity index (χ1n) is 7.24. The second kappa shape index (κ2) is 7.55. The smallest absolute Gasteiger partial charge is 0.142 e. The van der Waals surface area contributed by atoms with Crippen molar-refractivity contribution < 1.29 is 9.13 Å². The number of benzene rings is 1.